The minimum atomic E-state index is -0.982. The van der Waals surface area contributed by atoms with Gasteiger partial charge in [0.25, 0.3) is 11.6 Å². The van der Waals surface area contributed by atoms with E-state index in [1.54, 1.807) is 6.07 Å². The van der Waals surface area contributed by atoms with Crippen molar-refractivity contribution in [2.24, 2.45) is 0 Å². The molecule has 0 aliphatic carbocycles. The summed E-state index contributed by atoms with van der Waals surface area (Å²) in [6.45, 7) is 0.691. The summed E-state index contributed by atoms with van der Waals surface area (Å²) < 4.78 is 12.3. The van der Waals surface area contributed by atoms with E-state index in [-0.39, 0.29) is 11.8 Å². The zero-order valence-corrected chi connectivity index (χ0v) is 13.1. The maximum Gasteiger partial charge on any atom is 0.294 e. The van der Waals surface area contributed by atoms with Gasteiger partial charge in [0.1, 0.15) is 11.9 Å². The highest BCUT2D eigenvalue weighted by molar-refractivity contribution is 5.63. The number of hydrogen-bond donors (Lipinski definition) is 0. The van der Waals surface area contributed by atoms with Crippen LogP contribution >= 0.6 is 0 Å². The third-order valence-corrected chi connectivity index (χ3v) is 4.39. The molecule has 2 aromatic carbocycles. The SMILES string of the molecule is CN1CC(c2ccccc2)OC12C=Cc1cc([N+](=O)[O-])ccc1O2. The monoisotopic (exact) mass is 324 g/mol. The number of hydrogen-bond acceptors (Lipinski definition) is 5. The third kappa shape index (κ3) is 2.36. The van der Waals surface area contributed by atoms with Crippen molar-refractivity contribution in [3.8, 4) is 5.75 Å². The summed E-state index contributed by atoms with van der Waals surface area (Å²) in [5.74, 6) is -0.410. The van der Waals surface area contributed by atoms with Crippen molar-refractivity contribution < 1.29 is 14.4 Å². The van der Waals surface area contributed by atoms with Gasteiger partial charge in [-0.2, -0.15) is 0 Å². The largest absolute Gasteiger partial charge is 0.445 e. The van der Waals surface area contributed by atoms with E-state index >= 15 is 0 Å². The van der Waals surface area contributed by atoms with Crippen LogP contribution in [-0.4, -0.2) is 29.3 Å². The number of ether oxygens (including phenoxy) is 2. The van der Waals surface area contributed by atoms with E-state index in [0.717, 1.165) is 5.56 Å². The Hall–Kier alpha value is -2.70. The van der Waals surface area contributed by atoms with Crippen molar-refractivity contribution in [3.63, 3.8) is 0 Å². The van der Waals surface area contributed by atoms with Gasteiger partial charge in [-0.25, -0.2) is 4.90 Å². The number of nitro benzene ring substituents is 1. The number of fused-ring (bicyclic) bond motifs is 1. The summed E-state index contributed by atoms with van der Waals surface area (Å²) in [7, 11) is 1.93. The standard InChI is InChI=1S/C18H16N2O4/c1-19-12-17(13-5-3-2-4-6-13)24-18(19)10-9-14-11-15(20(21)22)7-8-16(14)23-18/h2-11,17H,12H2,1H3. The summed E-state index contributed by atoms with van der Waals surface area (Å²) in [6.07, 6.45) is 3.53. The predicted octanol–water partition coefficient (Wildman–Crippen LogP) is 3.36. The fourth-order valence-corrected chi connectivity index (χ4v) is 3.08. The Morgan fingerprint density at radius 3 is 2.79 bits per heavy atom. The normalized spacial score (nSPS) is 25.5. The molecule has 2 aliphatic heterocycles. The molecule has 1 saturated heterocycles. The predicted molar refractivity (Wildman–Crippen MR) is 88.4 cm³/mol. The van der Waals surface area contributed by atoms with E-state index in [0.29, 0.717) is 17.9 Å². The highest BCUT2D eigenvalue weighted by Gasteiger charge is 2.47. The molecule has 122 valence electrons. The minimum Gasteiger partial charge on any atom is -0.445 e. The van der Waals surface area contributed by atoms with Crippen LogP contribution in [-0.2, 0) is 4.74 Å². The Morgan fingerprint density at radius 1 is 1.25 bits per heavy atom. The molecular formula is C18H16N2O4. The molecule has 0 N–H and O–H groups in total. The first-order chi connectivity index (χ1) is 11.6. The molecule has 2 atom stereocenters. The van der Waals surface area contributed by atoms with E-state index in [2.05, 4.69) is 0 Å². The van der Waals surface area contributed by atoms with Gasteiger partial charge in [0.15, 0.2) is 0 Å². The number of nitrogens with zero attached hydrogens (tertiary/aromatic N) is 2. The summed E-state index contributed by atoms with van der Waals surface area (Å²) in [6, 6.07) is 14.6. The second kappa shape index (κ2) is 5.43. The first-order valence-electron chi connectivity index (χ1n) is 7.68. The minimum absolute atomic E-state index is 0.0424. The average Bonchev–Trinajstić information content (AvgIpc) is 2.91. The lowest BCUT2D eigenvalue weighted by molar-refractivity contribution is -0.384. The first kappa shape index (κ1) is 14.9. The molecule has 2 aromatic rings. The number of likely N-dealkylation sites (N-methyl/N-ethyl adjacent to an activating group) is 1. The number of benzene rings is 2. The van der Waals surface area contributed by atoms with Crippen LogP contribution in [0.5, 0.6) is 5.75 Å². The van der Waals surface area contributed by atoms with Crippen LogP contribution in [0.4, 0.5) is 5.69 Å². The zero-order valence-electron chi connectivity index (χ0n) is 13.1. The molecule has 24 heavy (non-hydrogen) atoms. The zero-order chi connectivity index (χ0) is 16.7. The topological polar surface area (TPSA) is 64.8 Å². The fraction of sp³-hybridized carbons (Fsp3) is 0.222. The molecule has 1 fully saturated rings. The first-order valence-corrected chi connectivity index (χ1v) is 7.68. The van der Waals surface area contributed by atoms with Crippen LogP contribution in [0.1, 0.15) is 17.2 Å². The molecule has 0 aromatic heterocycles. The molecule has 4 rings (SSSR count). The van der Waals surface area contributed by atoms with Gasteiger partial charge in [0.2, 0.25) is 0 Å². The molecule has 6 nitrogen and oxygen atoms in total. The van der Waals surface area contributed by atoms with Crippen LogP contribution in [0.15, 0.2) is 54.6 Å². The van der Waals surface area contributed by atoms with E-state index in [9.17, 15) is 10.1 Å². The second-order valence-corrected chi connectivity index (χ2v) is 5.94. The lowest BCUT2D eigenvalue weighted by atomic mass is 10.1. The average molecular weight is 324 g/mol. The Labute approximate surface area is 139 Å². The third-order valence-electron chi connectivity index (χ3n) is 4.39. The summed E-state index contributed by atoms with van der Waals surface area (Å²) in [4.78, 5) is 12.5. The van der Waals surface area contributed by atoms with Crippen LogP contribution in [0, 0.1) is 10.1 Å². The molecule has 1 spiro atoms. The van der Waals surface area contributed by atoms with Gasteiger partial charge in [0, 0.05) is 30.3 Å². The maximum atomic E-state index is 10.9. The van der Waals surface area contributed by atoms with E-state index in [4.69, 9.17) is 9.47 Å². The lowest BCUT2D eigenvalue weighted by Crippen LogP contribution is -2.47. The Morgan fingerprint density at radius 2 is 2.04 bits per heavy atom. The highest BCUT2D eigenvalue weighted by atomic mass is 16.7. The maximum absolute atomic E-state index is 10.9. The summed E-state index contributed by atoms with van der Waals surface area (Å²) in [5, 5.41) is 10.9. The summed E-state index contributed by atoms with van der Waals surface area (Å²) in [5.41, 5.74) is 1.81. The van der Waals surface area contributed by atoms with Crippen molar-refractivity contribution in [1.82, 2.24) is 4.90 Å². The molecule has 0 saturated carbocycles. The molecule has 2 aliphatic rings. The van der Waals surface area contributed by atoms with Gasteiger partial charge in [-0.15, -0.1) is 0 Å². The van der Waals surface area contributed by atoms with E-state index in [1.807, 2.05) is 54.4 Å². The van der Waals surface area contributed by atoms with E-state index in [1.165, 1.54) is 12.1 Å². The van der Waals surface area contributed by atoms with Gasteiger partial charge in [-0.05, 0) is 24.8 Å². The smallest absolute Gasteiger partial charge is 0.294 e. The lowest BCUT2D eigenvalue weighted by Gasteiger charge is -2.34. The Bertz CT molecular complexity index is 821. The summed E-state index contributed by atoms with van der Waals surface area (Å²) >= 11 is 0. The quantitative estimate of drug-likeness (QED) is 0.626. The molecular weight excluding hydrogens is 308 g/mol. The van der Waals surface area contributed by atoms with Gasteiger partial charge < -0.3 is 9.47 Å². The second-order valence-electron chi connectivity index (χ2n) is 5.94. The molecule has 0 bridgehead atoms. The molecule has 6 heteroatoms. The Balaban J connectivity index is 1.63. The van der Waals surface area contributed by atoms with Crippen LogP contribution < -0.4 is 4.74 Å². The van der Waals surface area contributed by atoms with Crippen molar-refractivity contribution in [3.05, 3.63) is 75.8 Å². The number of nitro groups is 1. The van der Waals surface area contributed by atoms with Crippen molar-refractivity contribution in [2.45, 2.75) is 12.0 Å². The number of rotatable bonds is 2. The number of non-ortho nitro benzene ring substituents is 1. The van der Waals surface area contributed by atoms with Crippen molar-refractivity contribution >= 4 is 11.8 Å². The van der Waals surface area contributed by atoms with Gasteiger partial charge >= 0.3 is 0 Å². The molecule has 0 radical (unpaired) electrons. The van der Waals surface area contributed by atoms with Crippen LogP contribution in [0.25, 0.3) is 6.08 Å². The van der Waals surface area contributed by atoms with Gasteiger partial charge in [0.05, 0.1) is 4.92 Å². The van der Waals surface area contributed by atoms with Crippen molar-refractivity contribution in [2.75, 3.05) is 13.6 Å². The van der Waals surface area contributed by atoms with Crippen LogP contribution in [0.2, 0.25) is 0 Å². The van der Waals surface area contributed by atoms with E-state index < -0.39 is 10.8 Å². The molecule has 2 heterocycles. The van der Waals surface area contributed by atoms with Gasteiger partial charge in [-0.3, -0.25) is 10.1 Å². The highest BCUT2D eigenvalue weighted by Crippen LogP contribution is 2.42. The van der Waals surface area contributed by atoms with Gasteiger partial charge in [-0.1, -0.05) is 30.3 Å². The molecule has 0 amide bonds. The fourth-order valence-electron chi connectivity index (χ4n) is 3.08. The molecule has 2 unspecified atom stereocenters. The van der Waals surface area contributed by atoms with Crippen molar-refractivity contribution in [1.29, 1.82) is 0 Å². The van der Waals surface area contributed by atoms with Crippen LogP contribution in [0.3, 0.4) is 0 Å². The Kier molecular flexibility index (Phi) is 3.37.